The molecule has 2 nitrogen and oxygen atoms in total. The van der Waals surface area contributed by atoms with Crippen molar-refractivity contribution in [2.75, 3.05) is 0 Å². The number of carboxylic acid groups (broad SMARTS) is 1. The molecule has 0 fully saturated rings. The Hall–Kier alpha value is 0.370. The minimum Gasteiger partial charge on any atom is -0.478 e. The van der Waals surface area contributed by atoms with Gasteiger partial charge in [-0.15, -0.1) is 0 Å². The van der Waals surface area contributed by atoms with Crippen LogP contribution in [0.15, 0.2) is 10.6 Å². The highest BCUT2D eigenvalue weighted by Crippen LogP contribution is 2.38. The van der Waals surface area contributed by atoms with E-state index < -0.39 is 9.76 Å². The molecule has 0 amide bonds. The van der Waals surface area contributed by atoms with E-state index in [2.05, 4.69) is 0 Å². The number of aliphatic carboxylic acids is 1. The van der Waals surface area contributed by atoms with Crippen molar-refractivity contribution in [1.29, 1.82) is 0 Å². The van der Waals surface area contributed by atoms with Crippen LogP contribution in [0.3, 0.4) is 0 Å². The molecular formula is C5H4Cl4O2. The van der Waals surface area contributed by atoms with Crippen LogP contribution in [0.1, 0.15) is 6.92 Å². The Labute approximate surface area is 83.7 Å². The molecule has 0 spiro atoms. The standard InChI is InChI=1S/C5H4Cl4O2/c1-2(4(10)11)3(6)5(7,8)9/h1H3,(H,10,11). The minimum absolute atomic E-state index is 0.174. The lowest BCUT2D eigenvalue weighted by Gasteiger charge is -2.10. The molecule has 0 aliphatic carbocycles. The SMILES string of the molecule is CC(C(=O)O)=C(Cl)C(Cl)(Cl)Cl. The maximum atomic E-state index is 10.3. The van der Waals surface area contributed by atoms with E-state index in [9.17, 15) is 4.79 Å². The van der Waals surface area contributed by atoms with Gasteiger partial charge in [0, 0.05) is 0 Å². The lowest BCUT2D eigenvalue weighted by Crippen LogP contribution is -2.09. The molecule has 0 aliphatic rings. The number of carboxylic acids is 1. The summed E-state index contributed by atoms with van der Waals surface area (Å²) in [6.07, 6.45) is 0. The van der Waals surface area contributed by atoms with Crippen LogP contribution in [-0.2, 0) is 4.79 Å². The predicted molar refractivity (Wildman–Crippen MR) is 46.5 cm³/mol. The van der Waals surface area contributed by atoms with Crippen LogP contribution in [0.5, 0.6) is 0 Å². The largest absolute Gasteiger partial charge is 0.478 e. The van der Waals surface area contributed by atoms with E-state index in [1.54, 1.807) is 0 Å². The second-order valence-corrected chi connectivity index (χ2v) is 4.40. The highest BCUT2D eigenvalue weighted by Gasteiger charge is 2.28. The Morgan fingerprint density at radius 1 is 1.36 bits per heavy atom. The fourth-order valence-electron chi connectivity index (χ4n) is 0.306. The summed E-state index contributed by atoms with van der Waals surface area (Å²) in [6, 6.07) is 0. The highest BCUT2D eigenvalue weighted by atomic mass is 35.6. The van der Waals surface area contributed by atoms with Crippen LogP contribution in [0.4, 0.5) is 0 Å². The van der Waals surface area contributed by atoms with Crippen LogP contribution >= 0.6 is 46.4 Å². The van der Waals surface area contributed by atoms with E-state index in [0.29, 0.717) is 0 Å². The van der Waals surface area contributed by atoms with Gasteiger partial charge in [0.05, 0.1) is 10.6 Å². The minimum atomic E-state index is -1.86. The van der Waals surface area contributed by atoms with Crippen molar-refractivity contribution in [2.45, 2.75) is 10.7 Å². The summed E-state index contributed by atoms with van der Waals surface area (Å²) in [5.74, 6) is -1.21. The van der Waals surface area contributed by atoms with Gasteiger partial charge in [0.25, 0.3) is 0 Å². The van der Waals surface area contributed by atoms with Crippen LogP contribution < -0.4 is 0 Å². The summed E-state index contributed by atoms with van der Waals surface area (Å²) in [7, 11) is 0. The molecule has 0 rings (SSSR count). The lowest BCUT2D eigenvalue weighted by atomic mass is 10.3. The summed E-state index contributed by atoms with van der Waals surface area (Å²) in [5.41, 5.74) is -0.174. The number of rotatable bonds is 1. The lowest BCUT2D eigenvalue weighted by molar-refractivity contribution is -0.132. The molecule has 0 aromatic carbocycles. The van der Waals surface area contributed by atoms with Crippen molar-refractivity contribution >= 4 is 52.4 Å². The first kappa shape index (κ1) is 11.4. The molecule has 0 saturated carbocycles. The van der Waals surface area contributed by atoms with Gasteiger partial charge in [0.15, 0.2) is 0 Å². The zero-order chi connectivity index (χ0) is 9.23. The number of halogens is 4. The normalized spacial score (nSPS) is 14.3. The molecule has 1 N–H and O–H groups in total. The van der Waals surface area contributed by atoms with E-state index in [1.807, 2.05) is 0 Å². The van der Waals surface area contributed by atoms with Crippen molar-refractivity contribution in [3.8, 4) is 0 Å². The third-order valence-corrected chi connectivity index (χ3v) is 2.32. The first-order valence-corrected chi connectivity index (χ1v) is 3.95. The molecule has 0 atom stereocenters. The number of hydrogen-bond acceptors (Lipinski definition) is 1. The summed E-state index contributed by atoms with van der Waals surface area (Å²) in [6.45, 7) is 1.26. The fraction of sp³-hybridized carbons (Fsp3) is 0.400. The van der Waals surface area contributed by atoms with Gasteiger partial charge in [0.2, 0.25) is 3.79 Å². The highest BCUT2D eigenvalue weighted by molar-refractivity contribution is 6.73. The number of hydrogen-bond donors (Lipinski definition) is 1. The summed E-state index contributed by atoms with van der Waals surface area (Å²) < 4.78 is -1.86. The maximum absolute atomic E-state index is 10.3. The van der Waals surface area contributed by atoms with E-state index in [1.165, 1.54) is 6.92 Å². The van der Waals surface area contributed by atoms with Gasteiger partial charge in [0.1, 0.15) is 0 Å². The number of carbonyl (C=O) groups is 1. The average molecular weight is 238 g/mol. The molecular weight excluding hydrogens is 234 g/mol. The molecule has 0 saturated heterocycles. The summed E-state index contributed by atoms with van der Waals surface area (Å²) in [5, 5.41) is 8.10. The van der Waals surface area contributed by atoms with Gasteiger partial charge in [-0.05, 0) is 6.92 Å². The number of alkyl halides is 3. The van der Waals surface area contributed by atoms with Crippen LogP contribution in [0.25, 0.3) is 0 Å². The molecule has 0 unspecified atom stereocenters. The van der Waals surface area contributed by atoms with Crippen LogP contribution in [0, 0.1) is 0 Å². The van der Waals surface area contributed by atoms with Crippen molar-refractivity contribution in [3.63, 3.8) is 0 Å². The molecule has 11 heavy (non-hydrogen) atoms. The Balaban J connectivity index is 4.82. The topological polar surface area (TPSA) is 37.3 Å². The monoisotopic (exact) mass is 236 g/mol. The summed E-state index contributed by atoms with van der Waals surface area (Å²) in [4.78, 5) is 10.3. The van der Waals surface area contributed by atoms with Gasteiger partial charge < -0.3 is 5.11 Å². The maximum Gasteiger partial charge on any atom is 0.332 e. The Kier molecular flexibility index (Phi) is 3.98. The van der Waals surface area contributed by atoms with Gasteiger partial charge in [-0.3, -0.25) is 0 Å². The second-order valence-electron chi connectivity index (χ2n) is 1.74. The van der Waals surface area contributed by atoms with Gasteiger partial charge in [-0.25, -0.2) is 4.79 Å². The third kappa shape index (κ3) is 3.52. The zero-order valence-corrected chi connectivity index (χ0v) is 8.39. The molecule has 0 aliphatic heterocycles. The Morgan fingerprint density at radius 3 is 1.82 bits per heavy atom. The quantitative estimate of drug-likeness (QED) is 0.563. The van der Waals surface area contributed by atoms with Crippen molar-refractivity contribution in [3.05, 3.63) is 10.6 Å². The molecule has 0 aromatic heterocycles. The van der Waals surface area contributed by atoms with Gasteiger partial charge >= 0.3 is 5.97 Å². The predicted octanol–water partition coefficient (Wildman–Crippen LogP) is 2.95. The molecule has 6 heteroatoms. The smallest absolute Gasteiger partial charge is 0.332 e. The molecule has 0 aromatic rings. The first-order chi connectivity index (χ1) is 4.76. The van der Waals surface area contributed by atoms with Crippen molar-refractivity contribution in [2.24, 2.45) is 0 Å². The first-order valence-electron chi connectivity index (χ1n) is 2.43. The van der Waals surface area contributed by atoms with Crippen molar-refractivity contribution in [1.82, 2.24) is 0 Å². The van der Waals surface area contributed by atoms with E-state index in [-0.39, 0.29) is 10.6 Å². The average Bonchev–Trinajstić information content (AvgIpc) is 1.82. The molecule has 0 heterocycles. The Bertz CT molecular complexity index is 203. The zero-order valence-electron chi connectivity index (χ0n) is 5.37. The van der Waals surface area contributed by atoms with Gasteiger partial charge in [-0.1, -0.05) is 46.4 Å². The third-order valence-electron chi connectivity index (χ3n) is 0.899. The van der Waals surface area contributed by atoms with Gasteiger partial charge in [-0.2, -0.15) is 0 Å². The van der Waals surface area contributed by atoms with E-state index >= 15 is 0 Å². The summed E-state index contributed by atoms with van der Waals surface area (Å²) >= 11 is 21.3. The van der Waals surface area contributed by atoms with Crippen LogP contribution in [-0.4, -0.2) is 14.9 Å². The second kappa shape index (κ2) is 3.85. The fourth-order valence-corrected chi connectivity index (χ4v) is 0.813. The number of allylic oxidation sites excluding steroid dienone is 1. The molecule has 64 valence electrons. The van der Waals surface area contributed by atoms with Crippen molar-refractivity contribution < 1.29 is 9.90 Å². The Morgan fingerprint density at radius 2 is 1.73 bits per heavy atom. The van der Waals surface area contributed by atoms with E-state index in [4.69, 9.17) is 51.5 Å². The van der Waals surface area contributed by atoms with E-state index in [0.717, 1.165) is 0 Å². The molecule has 0 bridgehead atoms. The molecule has 0 radical (unpaired) electrons. The van der Waals surface area contributed by atoms with Crippen LogP contribution in [0.2, 0.25) is 0 Å².